The van der Waals surface area contributed by atoms with Gasteiger partial charge in [0, 0.05) is 47.5 Å². The van der Waals surface area contributed by atoms with E-state index in [1.54, 1.807) is 0 Å². The molecule has 0 bridgehead atoms. The Bertz CT molecular complexity index is 464. The lowest BCUT2D eigenvalue weighted by Crippen LogP contribution is -2.27. The monoisotopic (exact) mass is 398 g/mol. The normalized spacial score (nSPS) is 10.7. The van der Waals surface area contributed by atoms with Gasteiger partial charge in [0.15, 0.2) is 0 Å². The fourth-order valence-corrected chi connectivity index (χ4v) is 2.10. The Kier molecular flexibility index (Phi) is 6.59. The van der Waals surface area contributed by atoms with E-state index in [1.165, 1.54) is 0 Å². The maximum atomic E-state index is 4.31. The van der Waals surface area contributed by atoms with E-state index < -0.39 is 0 Å². The lowest BCUT2D eigenvalue weighted by Gasteiger charge is -2.06. The van der Waals surface area contributed by atoms with E-state index in [9.17, 15) is 0 Å². The first-order chi connectivity index (χ1) is 9.74. The van der Waals surface area contributed by atoms with Crippen molar-refractivity contribution in [2.75, 3.05) is 13.1 Å². The van der Waals surface area contributed by atoms with Crippen molar-refractivity contribution in [3.8, 4) is 0 Å². The molecule has 0 saturated heterocycles. The second-order valence-electron chi connectivity index (χ2n) is 4.29. The fraction of sp³-hybridized carbons (Fsp3) is 0.286. The maximum absolute atomic E-state index is 4.31. The molecule has 2 heterocycles. The molecule has 2 aromatic heterocycles. The van der Waals surface area contributed by atoms with Gasteiger partial charge in [-0.3, -0.25) is 9.97 Å². The van der Waals surface area contributed by atoms with Crippen molar-refractivity contribution < 1.29 is 0 Å². The molecule has 4 nitrogen and oxygen atoms in total. The highest BCUT2D eigenvalue weighted by Crippen LogP contribution is 2.07. The van der Waals surface area contributed by atoms with Gasteiger partial charge in [-0.15, -0.1) is 0 Å². The SMILES string of the molecule is Brc1ccc(CNCCNCc2ccc(Br)cn2)nc1. The summed E-state index contributed by atoms with van der Waals surface area (Å²) in [5.74, 6) is 0. The zero-order chi connectivity index (χ0) is 14.2. The number of rotatable bonds is 7. The number of nitrogens with zero attached hydrogens (tertiary/aromatic N) is 2. The van der Waals surface area contributed by atoms with Crippen LogP contribution in [0.25, 0.3) is 0 Å². The molecule has 0 aromatic carbocycles. The standard InChI is InChI=1S/C14H16Br2N4/c15-11-1-3-13(19-7-11)9-17-5-6-18-10-14-4-2-12(16)8-20-14/h1-4,7-8,17-18H,5-6,9-10H2. The van der Waals surface area contributed by atoms with E-state index >= 15 is 0 Å². The highest BCUT2D eigenvalue weighted by Gasteiger charge is 1.96. The van der Waals surface area contributed by atoms with Crippen LogP contribution in [-0.2, 0) is 13.1 Å². The van der Waals surface area contributed by atoms with E-state index in [2.05, 4.69) is 52.5 Å². The van der Waals surface area contributed by atoms with Crippen LogP contribution in [0, 0.1) is 0 Å². The molecular weight excluding hydrogens is 384 g/mol. The van der Waals surface area contributed by atoms with Gasteiger partial charge in [0.1, 0.15) is 0 Å². The lowest BCUT2D eigenvalue weighted by molar-refractivity contribution is 0.601. The maximum Gasteiger partial charge on any atom is 0.0542 e. The summed E-state index contributed by atoms with van der Waals surface area (Å²) in [6.45, 7) is 3.36. The quantitative estimate of drug-likeness (QED) is 0.703. The van der Waals surface area contributed by atoms with Crippen molar-refractivity contribution in [2.45, 2.75) is 13.1 Å². The highest BCUT2D eigenvalue weighted by molar-refractivity contribution is 9.10. The Labute approximate surface area is 135 Å². The Morgan fingerprint density at radius 1 is 0.750 bits per heavy atom. The summed E-state index contributed by atoms with van der Waals surface area (Å²) < 4.78 is 2.01. The minimum Gasteiger partial charge on any atom is -0.310 e. The second-order valence-corrected chi connectivity index (χ2v) is 6.12. The topological polar surface area (TPSA) is 49.8 Å². The zero-order valence-electron chi connectivity index (χ0n) is 10.9. The Morgan fingerprint density at radius 3 is 1.55 bits per heavy atom. The summed E-state index contributed by atoms with van der Waals surface area (Å²) in [4.78, 5) is 8.62. The van der Waals surface area contributed by atoms with Crippen molar-refractivity contribution >= 4 is 31.9 Å². The molecule has 2 rings (SSSR count). The van der Waals surface area contributed by atoms with E-state index in [0.29, 0.717) is 0 Å². The van der Waals surface area contributed by atoms with Crippen LogP contribution in [0.15, 0.2) is 45.6 Å². The largest absolute Gasteiger partial charge is 0.310 e. The van der Waals surface area contributed by atoms with Gasteiger partial charge in [0.2, 0.25) is 0 Å². The molecule has 0 fully saturated rings. The van der Waals surface area contributed by atoms with Gasteiger partial charge in [0.25, 0.3) is 0 Å². The first-order valence-corrected chi connectivity index (χ1v) is 7.95. The van der Waals surface area contributed by atoms with Crippen molar-refractivity contribution in [3.05, 3.63) is 57.0 Å². The van der Waals surface area contributed by atoms with Crippen LogP contribution in [0.3, 0.4) is 0 Å². The van der Waals surface area contributed by atoms with Crippen molar-refractivity contribution in [3.63, 3.8) is 0 Å². The Morgan fingerprint density at radius 2 is 1.20 bits per heavy atom. The van der Waals surface area contributed by atoms with Gasteiger partial charge in [-0.1, -0.05) is 0 Å². The van der Waals surface area contributed by atoms with E-state index in [-0.39, 0.29) is 0 Å². The molecule has 2 N–H and O–H groups in total. The highest BCUT2D eigenvalue weighted by atomic mass is 79.9. The van der Waals surface area contributed by atoms with Crippen LogP contribution >= 0.6 is 31.9 Å². The Balaban J connectivity index is 1.57. The summed E-state index contributed by atoms with van der Waals surface area (Å²) in [6, 6.07) is 8.02. The molecule has 0 amide bonds. The third-order valence-electron chi connectivity index (χ3n) is 2.67. The average Bonchev–Trinajstić information content (AvgIpc) is 2.46. The minimum absolute atomic E-state index is 0.783. The lowest BCUT2D eigenvalue weighted by atomic mass is 10.3. The summed E-state index contributed by atoms with van der Waals surface area (Å²) in [7, 11) is 0. The molecule has 0 aliphatic rings. The van der Waals surface area contributed by atoms with Crippen LogP contribution in [-0.4, -0.2) is 23.1 Å². The molecule has 106 valence electrons. The summed E-state index contributed by atoms with van der Waals surface area (Å²) in [5.41, 5.74) is 2.09. The first kappa shape index (κ1) is 15.6. The molecular formula is C14H16Br2N4. The molecule has 0 spiro atoms. The molecule has 0 aliphatic carbocycles. The average molecular weight is 400 g/mol. The summed E-state index contributed by atoms with van der Waals surface area (Å²) in [6.07, 6.45) is 3.63. The molecule has 20 heavy (non-hydrogen) atoms. The minimum atomic E-state index is 0.783. The van der Waals surface area contributed by atoms with Crippen LogP contribution in [0.1, 0.15) is 11.4 Å². The van der Waals surface area contributed by atoms with E-state index in [4.69, 9.17) is 0 Å². The van der Waals surface area contributed by atoms with Gasteiger partial charge >= 0.3 is 0 Å². The van der Waals surface area contributed by atoms with Crippen LogP contribution in [0.5, 0.6) is 0 Å². The third kappa shape index (κ3) is 5.66. The number of nitrogens with one attached hydrogen (secondary N) is 2. The number of pyridine rings is 2. The zero-order valence-corrected chi connectivity index (χ0v) is 14.1. The summed E-state index contributed by atoms with van der Waals surface area (Å²) >= 11 is 6.75. The second kappa shape index (κ2) is 8.46. The number of halogens is 2. The molecule has 0 saturated carbocycles. The molecule has 6 heteroatoms. The fourth-order valence-electron chi connectivity index (χ4n) is 1.63. The smallest absolute Gasteiger partial charge is 0.0542 e. The van der Waals surface area contributed by atoms with Gasteiger partial charge in [-0.2, -0.15) is 0 Å². The molecule has 0 aliphatic heterocycles. The van der Waals surface area contributed by atoms with Gasteiger partial charge in [-0.25, -0.2) is 0 Å². The van der Waals surface area contributed by atoms with Crippen LogP contribution in [0.2, 0.25) is 0 Å². The molecule has 0 atom stereocenters. The van der Waals surface area contributed by atoms with Gasteiger partial charge < -0.3 is 10.6 Å². The number of hydrogen-bond acceptors (Lipinski definition) is 4. The van der Waals surface area contributed by atoms with Crippen LogP contribution in [0.4, 0.5) is 0 Å². The summed E-state index contributed by atoms with van der Waals surface area (Å²) in [5, 5.41) is 6.70. The Hall–Kier alpha value is -0.820. The van der Waals surface area contributed by atoms with E-state index in [0.717, 1.165) is 46.5 Å². The first-order valence-electron chi connectivity index (χ1n) is 6.36. The van der Waals surface area contributed by atoms with Crippen molar-refractivity contribution in [2.24, 2.45) is 0 Å². The number of hydrogen-bond donors (Lipinski definition) is 2. The van der Waals surface area contributed by atoms with E-state index in [1.807, 2.05) is 36.7 Å². The molecule has 2 aromatic rings. The number of aromatic nitrogens is 2. The molecule has 0 radical (unpaired) electrons. The van der Waals surface area contributed by atoms with Crippen LogP contribution < -0.4 is 10.6 Å². The van der Waals surface area contributed by atoms with Gasteiger partial charge in [0.05, 0.1) is 11.4 Å². The predicted molar refractivity (Wildman–Crippen MR) is 87.3 cm³/mol. The van der Waals surface area contributed by atoms with Crippen molar-refractivity contribution in [1.29, 1.82) is 0 Å². The molecule has 0 unspecified atom stereocenters. The van der Waals surface area contributed by atoms with Crippen molar-refractivity contribution in [1.82, 2.24) is 20.6 Å². The predicted octanol–water partition coefficient (Wildman–Crippen LogP) is 2.88. The van der Waals surface area contributed by atoms with Gasteiger partial charge in [-0.05, 0) is 56.1 Å². The third-order valence-corrected chi connectivity index (χ3v) is 3.61.